The van der Waals surface area contributed by atoms with Crippen molar-refractivity contribution in [1.29, 1.82) is 0 Å². The zero-order valence-electron chi connectivity index (χ0n) is 16.9. The molecule has 4 rings (SSSR count). The number of rotatable bonds is 8. The Kier molecular flexibility index (Phi) is 6.57. The van der Waals surface area contributed by atoms with Gasteiger partial charge in [-0.15, -0.1) is 0 Å². The van der Waals surface area contributed by atoms with E-state index in [2.05, 4.69) is 5.16 Å². The second kappa shape index (κ2) is 9.38. The van der Waals surface area contributed by atoms with Gasteiger partial charge in [-0.2, -0.15) is 4.31 Å². The molecule has 2 heterocycles. The van der Waals surface area contributed by atoms with Gasteiger partial charge in [-0.1, -0.05) is 40.5 Å². The molecule has 0 aliphatic heterocycles. The Hall–Kier alpha value is -2.78. The van der Waals surface area contributed by atoms with Crippen LogP contribution in [-0.4, -0.2) is 25.0 Å². The molecule has 0 amide bonds. The lowest BCUT2D eigenvalue weighted by Gasteiger charge is -2.20. The molecule has 2 aromatic heterocycles. The third kappa shape index (κ3) is 4.68. The maximum Gasteiger partial charge on any atom is 0.243 e. The zero-order chi connectivity index (χ0) is 22.7. The smallest absolute Gasteiger partial charge is 0.243 e. The number of nitrogens with zero attached hydrogens (tertiary/aromatic N) is 2. The lowest BCUT2D eigenvalue weighted by atomic mass is 10.1. The minimum atomic E-state index is -3.97. The van der Waals surface area contributed by atoms with Crippen LogP contribution in [0, 0.1) is 0 Å². The van der Waals surface area contributed by atoms with Gasteiger partial charge in [0.15, 0.2) is 5.76 Å². The highest BCUT2D eigenvalue weighted by Crippen LogP contribution is 2.31. The summed E-state index contributed by atoms with van der Waals surface area (Å²) in [7, 11) is -2.40. The van der Waals surface area contributed by atoms with Crippen molar-refractivity contribution in [3.8, 4) is 17.0 Å². The van der Waals surface area contributed by atoms with Crippen LogP contribution in [0.5, 0.6) is 5.75 Å². The summed E-state index contributed by atoms with van der Waals surface area (Å²) in [5, 5.41) is 4.49. The summed E-state index contributed by atoms with van der Waals surface area (Å²) in [6.45, 7) is -0.0916. The van der Waals surface area contributed by atoms with E-state index in [4.69, 9.17) is 36.9 Å². The first-order valence-corrected chi connectivity index (χ1v) is 11.6. The summed E-state index contributed by atoms with van der Waals surface area (Å²) in [5.41, 5.74) is 1.26. The van der Waals surface area contributed by atoms with E-state index < -0.39 is 10.0 Å². The Morgan fingerprint density at radius 3 is 2.47 bits per heavy atom. The number of para-hydroxylation sites is 1. The molecule has 166 valence electrons. The van der Waals surface area contributed by atoms with Crippen molar-refractivity contribution in [2.75, 3.05) is 7.11 Å². The van der Waals surface area contributed by atoms with Gasteiger partial charge in [0.2, 0.25) is 10.0 Å². The highest BCUT2D eigenvalue weighted by atomic mass is 35.5. The van der Waals surface area contributed by atoms with Gasteiger partial charge in [0.1, 0.15) is 17.2 Å². The molecule has 7 nitrogen and oxygen atoms in total. The van der Waals surface area contributed by atoms with Crippen molar-refractivity contribution in [1.82, 2.24) is 9.46 Å². The molecule has 0 unspecified atom stereocenters. The molecule has 0 fully saturated rings. The van der Waals surface area contributed by atoms with Crippen LogP contribution in [0.15, 0.2) is 80.8 Å². The van der Waals surface area contributed by atoms with E-state index in [-0.39, 0.29) is 28.0 Å². The third-order valence-corrected chi connectivity index (χ3v) is 7.24. The lowest BCUT2D eigenvalue weighted by Crippen LogP contribution is -2.30. The number of sulfonamides is 1. The number of hydrogen-bond acceptors (Lipinski definition) is 6. The van der Waals surface area contributed by atoms with Crippen molar-refractivity contribution >= 4 is 33.2 Å². The maximum atomic E-state index is 13.4. The fraction of sp³-hybridized carbons (Fsp3) is 0.136. The van der Waals surface area contributed by atoms with Crippen LogP contribution < -0.4 is 4.74 Å². The molecule has 0 aliphatic carbocycles. The molecule has 4 aromatic rings. The van der Waals surface area contributed by atoms with Crippen molar-refractivity contribution in [2.45, 2.75) is 18.0 Å². The van der Waals surface area contributed by atoms with Gasteiger partial charge in [-0.05, 0) is 42.5 Å². The highest BCUT2D eigenvalue weighted by molar-refractivity contribution is 7.89. The van der Waals surface area contributed by atoms with E-state index in [1.807, 2.05) is 24.3 Å². The van der Waals surface area contributed by atoms with E-state index in [0.29, 0.717) is 23.0 Å². The molecule has 32 heavy (non-hydrogen) atoms. The average Bonchev–Trinajstić information content (AvgIpc) is 3.47. The normalized spacial score (nSPS) is 11.8. The molecule has 0 atom stereocenters. The first-order chi connectivity index (χ1) is 15.4. The Balaban J connectivity index is 1.67. The van der Waals surface area contributed by atoms with Crippen LogP contribution in [0.2, 0.25) is 10.0 Å². The largest absolute Gasteiger partial charge is 0.496 e. The van der Waals surface area contributed by atoms with Gasteiger partial charge in [0, 0.05) is 11.6 Å². The maximum absolute atomic E-state index is 13.4. The lowest BCUT2D eigenvalue weighted by molar-refractivity contribution is 0.303. The standard InChI is InChI=1S/C22H18Cl2N2O5S/c1-29-22-7-3-2-6-18(22)21-11-16(31-25-21)14-26(13-15-5-4-10-30-15)32(27,28)17-8-9-19(23)20(24)12-17/h2-12H,13-14H2,1H3. The highest BCUT2D eigenvalue weighted by Gasteiger charge is 2.28. The van der Waals surface area contributed by atoms with Gasteiger partial charge in [-0.3, -0.25) is 0 Å². The van der Waals surface area contributed by atoms with E-state index >= 15 is 0 Å². The zero-order valence-corrected chi connectivity index (χ0v) is 19.2. The number of halogens is 2. The summed E-state index contributed by atoms with van der Waals surface area (Å²) in [6, 6.07) is 16.6. The van der Waals surface area contributed by atoms with E-state index in [1.165, 1.54) is 28.8 Å². The molecule has 0 N–H and O–H groups in total. The molecule has 0 bridgehead atoms. The van der Waals surface area contributed by atoms with Crippen LogP contribution in [0.4, 0.5) is 0 Å². The summed E-state index contributed by atoms with van der Waals surface area (Å²) in [5.74, 6) is 1.45. The van der Waals surface area contributed by atoms with Crippen LogP contribution in [0.1, 0.15) is 11.5 Å². The molecular weight excluding hydrogens is 475 g/mol. The van der Waals surface area contributed by atoms with Crippen LogP contribution in [0.3, 0.4) is 0 Å². The number of benzene rings is 2. The Bertz CT molecular complexity index is 1320. The SMILES string of the molecule is COc1ccccc1-c1cc(CN(Cc2ccco2)S(=O)(=O)c2ccc(Cl)c(Cl)c2)on1. The minimum absolute atomic E-state index is 0.00271. The summed E-state index contributed by atoms with van der Waals surface area (Å²) in [4.78, 5) is 0.00271. The van der Waals surface area contributed by atoms with Gasteiger partial charge in [-0.25, -0.2) is 8.42 Å². The molecule has 0 spiro atoms. The van der Waals surface area contributed by atoms with Crippen LogP contribution >= 0.6 is 23.2 Å². The first-order valence-electron chi connectivity index (χ1n) is 9.45. The predicted octanol–water partition coefficient (Wildman–Crippen LogP) is 5.64. The number of ether oxygens (including phenoxy) is 1. The third-order valence-electron chi connectivity index (χ3n) is 4.72. The molecule has 0 radical (unpaired) electrons. The number of aromatic nitrogens is 1. The van der Waals surface area contributed by atoms with Gasteiger partial charge >= 0.3 is 0 Å². The van der Waals surface area contributed by atoms with E-state index in [9.17, 15) is 8.42 Å². The second-order valence-corrected chi connectivity index (χ2v) is 9.56. The second-order valence-electron chi connectivity index (χ2n) is 6.81. The van der Waals surface area contributed by atoms with Crippen molar-refractivity contribution in [3.05, 3.63) is 88.5 Å². The van der Waals surface area contributed by atoms with E-state index in [1.54, 1.807) is 25.3 Å². The van der Waals surface area contributed by atoms with Crippen molar-refractivity contribution < 1.29 is 22.1 Å². The Labute approximate surface area is 195 Å². The monoisotopic (exact) mass is 492 g/mol. The minimum Gasteiger partial charge on any atom is -0.496 e. The van der Waals surface area contributed by atoms with E-state index in [0.717, 1.165) is 5.56 Å². The Morgan fingerprint density at radius 1 is 0.969 bits per heavy atom. The molecule has 0 aliphatic rings. The molecule has 0 saturated carbocycles. The van der Waals surface area contributed by atoms with Gasteiger partial charge in [0.05, 0.1) is 41.4 Å². The van der Waals surface area contributed by atoms with Crippen LogP contribution in [-0.2, 0) is 23.1 Å². The van der Waals surface area contributed by atoms with Gasteiger partial charge in [0.25, 0.3) is 0 Å². The number of methoxy groups -OCH3 is 1. The van der Waals surface area contributed by atoms with Crippen molar-refractivity contribution in [3.63, 3.8) is 0 Å². The quantitative estimate of drug-likeness (QED) is 0.316. The number of furan rings is 1. The molecule has 0 saturated heterocycles. The topological polar surface area (TPSA) is 85.8 Å². The molecule has 2 aromatic carbocycles. The van der Waals surface area contributed by atoms with Gasteiger partial charge < -0.3 is 13.7 Å². The van der Waals surface area contributed by atoms with Crippen LogP contribution in [0.25, 0.3) is 11.3 Å². The molecular formula is C22H18Cl2N2O5S. The summed E-state index contributed by atoms with van der Waals surface area (Å²) in [6.07, 6.45) is 1.48. The number of hydrogen-bond donors (Lipinski definition) is 0. The first kappa shape index (κ1) is 22.4. The fourth-order valence-electron chi connectivity index (χ4n) is 3.13. The summed E-state index contributed by atoms with van der Waals surface area (Å²) < 4.78 is 44.2. The summed E-state index contributed by atoms with van der Waals surface area (Å²) >= 11 is 12.0. The Morgan fingerprint density at radius 2 is 1.75 bits per heavy atom. The fourth-order valence-corrected chi connectivity index (χ4v) is 4.90. The average molecular weight is 493 g/mol. The molecule has 10 heteroatoms. The van der Waals surface area contributed by atoms with Crippen molar-refractivity contribution in [2.24, 2.45) is 0 Å². The predicted molar refractivity (Wildman–Crippen MR) is 120 cm³/mol.